The summed E-state index contributed by atoms with van der Waals surface area (Å²) in [4.78, 5) is 0. The van der Waals surface area contributed by atoms with Crippen molar-refractivity contribution >= 4 is 11.4 Å². The monoisotopic (exact) mass is 198 g/mol. The summed E-state index contributed by atoms with van der Waals surface area (Å²) in [5.74, 6) is 0. The molecule has 0 bridgehead atoms. The van der Waals surface area contributed by atoms with Gasteiger partial charge in [0.05, 0.1) is 11.4 Å². The molecule has 0 unspecified atom stereocenters. The van der Waals surface area contributed by atoms with Crippen molar-refractivity contribution in [3.8, 4) is 11.1 Å². The lowest BCUT2D eigenvalue weighted by atomic mass is 10.0. The second-order valence-electron chi connectivity index (χ2n) is 3.68. The quantitative estimate of drug-likeness (QED) is 0.692. The first kappa shape index (κ1) is 9.59. The summed E-state index contributed by atoms with van der Waals surface area (Å²) < 4.78 is 0. The van der Waals surface area contributed by atoms with Gasteiger partial charge in [-0.25, -0.2) is 0 Å². The fraction of sp³-hybridized carbons (Fsp3) is 0.0769. The van der Waals surface area contributed by atoms with Gasteiger partial charge in [-0.15, -0.1) is 0 Å². The molecule has 0 saturated carbocycles. The molecule has 0 aliphatic heterocycles. The van der Waals surface area contributed by atoms with E-state index in [4.69, 9.17) is 11.5 Å². The van der Waals surface area contributed by atoms with E-state index in [2.05, 4.69) is 6.07 Å². The molecule has 0 aliphatic rings. The van der Waals surface area contributed by atoms with Crippen molar-refractivity contribution in [3.63, 3.8) is 0 Å². The highest BCUT2D eigenvalue weighted by Crippen LogP contribution is 2.31. The Morgan fingerprint density at radius 1 is 0.933 bits per heavy atom. The summed E-state index contributed by atoms with van der Waals surface area (Å²) in [6.07, 6.45) is 0. The van der Waals surface area contributed by atoms with Crippen molar-refractivity contribution in [1.82, 2.24) is 0 Å². The van der Waals surface area contributed by atoms with E-state index in [-0.39, 0.29) is 0 Å². The van der Waals surface area contributed by atoms with Crippen molar-refractivity contribution in [3.05, 3.63) is 48.0 Å². The van der Waals surface area contributed by atoms with E-state index < -0.39 is 0 Å². The van der Waals surface area contributed by atoms with Crippen LogP contribution in [0.3, 0.4) is 0 Å². The molecule has 0 saturated heterocycles. The van der Waals surface area contributed by atoms with Gasteiger partial charge >= 0.3 is 0 Å². The highest BCUT2D eigenvalue weighted by molar-refractivity contribution is 5.85. The normalized spacial score (nSPS) is 10.2. The van der Waals surface area contributed by atoms with Gasteiger partial charge < -0.3 is 11.5 Å². The molecular formula is C13H14N2. The second-order valence-corrected chi connectivity index (χ2v) is 3.68. The maximum atomic E-state index is 5.96. The molecule has 0 radical (unpaired) electrons. The molecular weight excluding hydrogens is 184 g/mol. The minimum Gasteiger partial charge on any atom is -0.397 e. The molecule has 2 aromatic carbocycles. The molecule has 0 fully saturated rings. The van der Waals surface area contributed by atoms with Crippen LogP contribution in [0.2, 0.25) is 0 Å². The van der Waals surface area contributed by atoms with Crippen LogP contribution in [0, 0.1) is 6.92 Å². The fourth-order valence-corrected chi connectivity index (χ4v) is 1.68. The number of anilines is 2. The molecule has 4 N–H and O–H groups in total. The third-order valence-electron chi connectivity index (χ3n) is 2.44. The largest absolute Gasteiger partial charge is 0.397 e. The molecule has 76 valence electrons. The number of hydrogen-bond acceptors (Lipinski definition) is 2. The van der Waals surface area contributed by atoms with E-state index in [1.165, 1.54) is 0 Å². The lowest BCUT2D eigenvalue weighted by Gasteiger charge is -2.09. The van der Waals surface area contributed by atoms with E-state index in [0.717, 1.165) is 16.7 Å². The minimum atomic E-state index is 0.647. The van der Waals surface area contributed by atoms with Gasteiger partial charge in [0, 0.05) is 5.56 Å². The Bertz CT molecular complexity index is 475. The second kappa shape index (κ2) is 3.65. The van der Waals surface area contributed by atoms with Crippen LogP contribution in [-0.2, 0) is 0 Å². The minimum absolute atomic E-state index is 0.647. The predicted octanol–water partition coefficient (Wildman–Crippen LogP) is 2.83. The molecule has 15 heavy (non-hydrogen) atoms. The molecule has 0 atom stereocenters. The van der Waals surface area contributed by atoms with E-state index in [1.54, 1.807) is 0 Å². The van der Waals surface area contributed by atoms with Crippen LogP contribution in [-0.4, -0.2) is 0 Å². The first-order valence-electron chi connectivity index (χ1n) is 4.89. The summed E-state index contributed by atoms with van der Waals surface area (Å²) in [5, 5.41) is 0. The van der Waals surface area contributed by atoms with Crippen LogP contribution in [0.25, 0.3) is 11.1 Å². The zero-order valence-electron chi connectivity index (χ0n) is 8.70. The van der Waals surface area contributed by atoms with Crippen LogP contribution in [0.4, 0.5) is 11.4 Å². The van der Waals surface area contributed by atoms with E-state index in [0.29, 0.717) is 11.4 Å². The summed E-state index contributed by atoms with van der Waals surface area (Å²) in [6, 6.07) is 14.0. The van der Waals surface area contributed by atoms with Crippen molar-refractivity contribution in [2.24, 2.45) is 0 Å². The lowest BCUT2D eigenvalue weighted by Crippen LogP contribution is -1.98. The van der Waals surface area contributed by atoms with Crippen molar-refractivity contribution < 1.29 is 0 Å². The van der Waals surface area contributed by atoms with Crippen molar-refractivity contribution in [2.75, 3.05) is 11.5 Å². The average Bonchev–Trinajstić information content (AvgIpc) is 2.24. The van der Waals surface area contributed by atoms with Gasteiger partial charge in [-0.3, -0.25) is 0 Å². The summed E-state index contributed by atoms with van der Waals surface area (Å²) in [7, 11) is 0. The van der Waals surface area contributed by atoms with Gasteiger partial charge in [0.2, 0.25) is 0 Å². The number of nitrogens with two attached hydrogens (primary N) is 2. The first-order valence-corrected chi connectivity index (χ1v) is 4.89. The zero-order valence-corrected chi connectivity index (χ0v) is 8.70. The molecule has 2 nitrogen and oxygen atoms in total. The average molecular weight is 198 g/mol. The number of aryl methyl sites for hydroxylation is 1. The first-order chi connectivity index (χ1) is 7.18. The maximum absolute atomic E-state index is 5.96. The number of benzene rings is 2. The van der Waals surface area contributed by atoms with E-state index in [9.17, 15) is 0 Å². The molecule has 0 heterocycles. The summed E-state index contributed by atoms with van der Waals surface area (Å²) in [5.41, 5.74) is 16.3. The number of hydrogen-bond donors (Lipinski definition) is 2. The van der Waals surface area contributed by atoms with Gasteiger partial charge in [0.15, 0.2) is 0 Å². The Morgan fingerprint density at radius 3 is 2.27 bits per heavy atom. The van der Waals surface area contributed by atoms with Gasteiger partial charge in [-0.05, 0) is 30.2 Å². The Hall–Kier alpha value is -1.96. The van der Waals surface area contributed by atoms with Crippen LogP contribution >= 0.6 is 0 Å². The maximum Gasteiger partial charge on any atom is 0.0627 e. The predicted molar refractivity (Wildman–Crippen MR) is 65.4 cm³/mol. The summed E-state index contributed by atoms with van der Waals surface area (Å²) >= 11 is 0. The van der Waals surface area contributed by atoms with E-state index >= 15 is 0 Å². The Kier molecular flexibility index (Phi) is 2.34. The molecule has 0 spiro atoms. The Morgan fingerprint density at radius 2 is 1.60 bits per heavy atom. The fourth-order valence-electron chi connectivity index (χ4n) is 1.68. The van der Waals surface area contributed by atoms with Crippen molar-refractivity contribution in [2.45, 2.75) is 6.92 Å². The zero-order chi connectivity index (χ0) is 10.8. The van der Waals surface area contributed by atoms with Crippen LogP contribution < -0.4 is 11.5 Å². The number of rotatable bonds is 1. The molecule has 0 amide bonds. The molecule has 0 aromatic heterocycles. The molecule has 2 heteroatoms. The standard InChI is InChI=1S/C13H14N2/c1-9-7-11(13(15)12(14)8-9)10-5-3-2-4-6-10/h2-8H,14-15H2,1H3. The Balaban J connectivity index is 2.63. The third kappa shape index (κ3) is 1.79. The smallest absolute Gasteiger partial charge is 0.0627 e. The SMILES string of the molecule is Cc1cc(N)c(N)c(-c2ccccc2)c1. The highest BCUT2D eigenvalue weighted by Gasteiger charge is 2.05. The highest BCUT2D eigenvalue weighted by atomic mass is 14.7. The van der Waals surface area contributed by atoms with Crippen molar-refractivity contribution in [1.29, 1.82) is 0 Å². The third-order valence-corrected chi connectivity index (χ3v) is 2.44. The Labute approximate surface area is 89.5 Å². The molecule has 0 aliphatic carbocycles. The topological polar surface area (TPSA) is 52.0 Å². The number of nitrogen functional groups attached to an aromatic ring is 2. The molecule has 2 aromatic rings. The molecule has 2 rings (SSSR count). The van der Waals surface area contributed by atoms with E-state index in [1.807, 2.05) is 43.3 Å². The van der Waals surface area contributed by atoms with Crippen LogP contribution in [0.15, 0.2) is 42.5 Å². The van der Waals surface area contributed by atoms with Gasteiger partial charge in [-0.1, -0.05) is 30.3 Å². The van der Waals surface area contributed by atoms with Gasteiger partial charge in [-0.2, -0.15) is 0 Å². The van der Waals surface area contributed by atoms with Gasteiger partial charge in [0.1, 0.15) is 0 Å². The lowest BCUT2D eigenvalue weighted by molar-refractivity contribution is 1.46. The van der Waals surface area contributed by atoms with Crippen LogP contribution in [0.5, 0.6) is 0 Å². The van der Waals surface area contributed by atoms with Crippen LogP contribution in [0.1, 0.15) is 5.56 Å². The van der Waals surface area contributed by atoms with Gasteiger partial charge in [0.25, 0.3) is 0 Å². The summed E-state index contributed by atoms with van der Waals surface area (Å²) in [6.45, 7) is 2.02.